The molecule has 0 saturated heterocycles. The van der Waals surface area contributed by atoms with E-state index >= 15 is 0 Å². The van der Waals surface area contributed by atoms with Crippen molar-refractivity contribution in [3.63, 3.8) is 0 Å². The van der Waals surface area contributed by atoms with Gasteiger partial charge in [-0.05, 0) is 37.9 Å². The number of rotatable bonds is 6. The van der Waals surface area contributed by atoms with Crippen LogP contribution in [0.2, 0.25) is 0 Å². The Balaban J connectivity index is 2.10. The van der Waals surface area contributed by atoms with Gasteiger partial charge in [0.2, 0.25) is 0 Å². The lowest BCUT2D eigenvalue weighted by atomic mass is 9.93. The third-order valence-corrected chi connectivity index (χ3v) is 4.88. The van der Waals surface area contributed by atoms with E-state index in [4.69, 9.17) is 0 Å². The maximum atomic E-state index is 4.58. The fourth-order valence-corrected chi connectivity index (χ4v) is 3.46. The van der Waals surface area contributed by atoms with Crippen molar-refractivity contribution in [1.29, 1.82) is 0 Å². The van der Waals surface area contributed by atoms with Crippen molar-refractivity contribution in [2.24, 2.45) is 11.8 Å². The highest BCUT2D eigenvalue weighted by molar-refractivity contribution is 7.98. The zero-order valence-corrected chi connectivity index (χ0v) is 13.8. The van der Waals surface area contributed by atoms with E-state index < -0.39 is 0 Å². The van der Waals surface area contributed by atoms with Gasteiger partial charge in [-0.15, -0.1) is 0 Å². The number of thioether (sulfide) groups is 1. The van der Waals surface area contributed by atoms with Crippen LogP contribution in [0.4, 0.5) is 11.6 Å². The van der Waals surface area contributed by atoms with E-state index in [1.807, 2.05) is 12.3 Å². The highest BCUT2D eigenvalue weighted by Gasteiger charge is 2.31. The van der Waals surface area contributed by atoms with Gasteiger partial charge in [-0.25, -0.2) is 9.97 Å². The Bertz CT molecular complexity index is 438. The molecule has 20 heavy (non-hydrogen) atoms. The minimum Gasteiger partial charge on any atom is -0.370 e. The van der Waals surface area contributed by atoms with Crippen molar-refractivity contribution in [3.8, 4) is 0 Å². The summed E-state index contributed by atoms with van der Waals surface area (Å²) >= 11 is 1.58. The van der Waals surface area contributed by atoms with Gasteiger partial charge in [0.25, 0.3) is 0 Å². The van der Waals surface area contributed by atoms with Gasteiger partial charge in [-0.1, -0.05) is 32.0 Å². The van der Waals surface area contributed by atoms with Gasteiger partial charge >= 0.3 is 0 Å². The summed E-state index contributed by atoms with van der Waals surface area (Å²) in [6.45, 7) is 7.62. The van der Waals surface area contributed by atoms with Crippen LogP contribution in [0.1, 0.15) is 40.0 Å². The van der Waals surface area contributed by atoms with E-state index in [0.29, 0.717) is 6.04 Å². The number of hydrogen-bond donors (Lipinski definition) is 2. The lowest BCUT2D eigenvalue weighted by Gasteiger charge is -2.22. The predicted octanol–water partition coefficient (Wildman–Crippen LogP) is 3.87. The molecule has 0 aliphatic heterocycles. The van der Waals surface area contributed by atoms with E-state index in [1.54, 1.807) is 11.8 Å². The first-order valence-electron chi connectivity index (χ1n) is 7.61. The highest BCUT2D eigenvalue weighted by Crippen LogP contribution is 2.35. The van der Waals surface area contributed by atoms with Gasteiger partial charge in [0.15, 0.2) is 5.16 Å². The molecule has 1 saturated carbocycles. The summed E-state index contributed by atoms with van der Waals surface area (Å²) in [5.74, 6) is 3.43. The summed E-state index contributed by atoms with van der Waals surface area (Å²) in [4.78, 5) is 9.05. The topological polar surface area (TPSA) is 49.8 Å². The van der Waals surface area contributed by atoms with Crippen LogP contribution in [0.5, 0.6) is 0 Å². The third kappa shape index (κ3) is 3.57. The Morgan fingerprint density at radius 2 is 2.00 bits per heavy atom. The van der Waals surface area contributed by atoms with Crippen LogP contribution < -0.4 is 10.6 Å². The van der Waals surface area contributed by atoms with Crippen LogP contribution in [0.25, 0.3) is 0 Å². The molecule has 0 radical (unpaired) electrons. The molecular weight excluding hydrogens is 268 g/mol. The molecule has 0 bridgehead atoms. The van der Waals surface area contributed by atoms with Crippen molar-refractivity contribution in [2.75, 3.05) is 23.4 Å². The first-order valence-corrected chi connectivity index (χ1v) is 8.83. The minimum absolute atomic E-state index is 0.541. The molecule has 1 aliphatic carbocycles. The zero-order chi connectivity index (χ0) is 14.5. The van der Waals surface area contributed by atoms with E-state index in [1.165, 1.54) is 19.3 Å². The molecule has 1 aromatic heterocycles. The van der Waals surface area contributed by atoms with Crippen LogP contribution in [0.15, 0.2) is 11.2 Å². The van der Waals surface area contributed by atoms with Gasteiger partial charge in [0.1, 0.15) is 11.6 Å². The number of aromatic nitrogens is 2. The molecular formula is C15H26N4S. The number of nitrogens with zero attached hydrogens (tertiary/aromatic N) is 2. The Morgan fingerprint density at radius 1 is 1.25 bits per heavy atom. The normalized spacial score (nSPS) is 25.7. The van der Waals surface area contributed by atoms with Crippen LogP contribution in [-0.2, 0) is 0 Å². The summed E-state index contributed by atoms with van der Waals surface area (Å²) in [6.07, 6.45) is 5.87. The smallest absolute Gasteiger partial charge is 0.191 e. The van der Waals surface area contributed by atoms with Gasteiger partial charge in [-0.2, -0.15) is 0 Å². The fourth-order valence-electron chi connectivity index (χ4n) is 3.08. The molecule has 0 aromatic carbocycles. The zero-order valence-electron chi connectivity index (χ0n) is 12.9. The Labute approximate surface area is 126 Å². The van der Waals surface area contributed by atoms with E-state index in [2.05, 4.69) is 41.4 Å². The molecule has 0 amide bonds. The summed E-state index contributed by atoms with van der Waals surface area (Å²) in [7, 11) is 0. The first-order chi connectivity index (χ1) is 9.67. The summed E-state index contributed by atoms with van der Waals surface area (Å²) in [5, 5.41) is 7.72. The largest absolute Gasteiger partial charge is 0.370 e. The monoisotopic (exact) mass is 294 g/mol. The maximum Gasteiger partial charge on any atom is 0.191 e. The highest BCUT2D eigenvalue weighted by atomic mass is 32.2. The van der Waals surface area contributed by atoms with Gasteiger partial charge in [0, 0.05) is 18.7 Å². The molecule has 1 aromatic rings. The quantitative estimate of drug-likeness (QED) is 0.616. The number of hydrogen-bond acceptors (Lipinski definition) is 5. The Morgan fingerprint density at radius 3 is 2.60 bits per heavy atom. The van der Waals surface area contributed by atoms with E-state index in [-0.39, 0.29) is 0 Å². The molecule has 0 spiro atoms. The molecule has 2 N–H and O–H groups in total. The van der Waals surface area contributed by atoms with Gasteiger partial charge in [-0.3, -0.25) is 0 Å². The number of nitrogens with one attached hydrogen (secondary N) is 2. The van der Waals surface area contributed by atoms with Crippen molar-refractivity contribution >= 4 is 23.4 Å². The molecule has 3 atom stereocenters. The van der Waals surface area contributed by atoms with Crippen molar-refractivity contribution in [3.05, 3.63) is 6.07 Å². The number of anilines is 2. The molecule has 3 unspecified atom stereocenters. The second kappa shape index (κ2) is 7.16. The predicted molar refractivity (Wildman–Crippen MR) is 87.6 cm³/mol. The maximum absolute atomic E-state index is 4.58. The van der Waals surface area contributed by atoms with Crippen molar-refractivity contribution in [1.82, 2.24) is 9.97 Å². The lowest BCUT2D eigenvalue weighted by Crippen LogP contribution is -2.25. The lowest BCUT2D eigenvalue weighted by molar-refractivity contribution is 0.391. The van der Waals surface area contributed by atoms with Crippen LogP contribution in [0, 0.1) is 11.8 Å². The first kappa shape index (κ1) is 15.4. The summed E-state index contributed by atoms with van der Waals surface area (Å²) in [6, 6.07) is 2.56. The van der Waals surface area contributed by atoms with Crippen LogP contribution in [0.3, 0.4) is 0 Å². The standard InChI is InChI=1S/C15H26N4S/c1-5-11-7-8-12(10(11)3)17-14-9-13(16-6-2)18-15(19-14)20-4/h9-12H,5-8H2,1-4H3,(H2,16,17,18,19). The molecule has 112 valence electrons. The molecule has 1 fully saturated rings. The molecule has 2 rings (SSSR count). The van der Waals surface area contributed by atoms with Gasteiger partial charge in [0.05, 0.1) is 0 Å². The SMILES string of the molecule is CCNc1cc(NC2CCC(CC)C2C)nc(SC)n1. The second-order valence-electron chi connectivity index (χ2n) is 5.51. The van der Waals surface area contributed by atoms with Crippen LogP contribution in [-0.4, -0.2) is 28.8 Å². The average molecular weight is 294 g/mol. The van der Waals surface area contributed by atoms with Crippen molar-refractivity contribution < 1.29 is 0 Å². The van der Waals surface area contributed by atoms with E-state index in [9.17, 15) is 0 Å². The molecule has 1 aliphatic rings. The average Bonchev–Trinajstić information content (AvgIpc) is 2.79. The van der Waals surface area contributed by atoms with E-state index in [0.717, 1.165) is 35.2 Å². The molecule has 4 nitrogen and oxygen atoms in total. The summed E-state index contributed by atoms with van der Waals surface area (Å²) in [5.41, 5.74) is 0. The van der Waals surface area contributed by atoms with Gasteiger partial charge < -0.3 is 10.6 Å². The third-order valence-electron chi connectivity index (χ3n) is 4.33. The minimum atomic E-state index is 0.541. The second-order valence-corrected chi connectivity index (χ2v) is 6.28. The fraction of sp³-hybridized carbons (Fsp3) is 0.733. The molecule has 1 heterocycles. The Hall–Kier alpha value is -0.970. The molecule has 5 heteroatoms. The van der Waals surface area contributed by atoms with Crippen LogP contribution >= 0.6 is 11.8 Å². The Kier molecular flexibility index (Phi) is 5.52. The summed E-state index contributed by atoms with van der Waals surface area (Å²) < 4.78 is 0. The van der Waals surface area contributed by atoms with Crippen molar-refractivity contribution in [2.45, 2.75) is 51.2 Å².